The van der Waals surface area contributed by atoms with Gasteiger partial charge in [-0.05, 0) is 150 Å². The van der Waals surface area contributed by atoms with Crippen LogP contribution in [0.2, 0.25) is 0 Å². The summed E-state index contributed by atoms with van der Waals surface area (Å²) in [6, 6.07) is 2.97. The van der Waals surface area contributed by atoms with Crippen molar-refractivity contribution in [2.24, 2.45) is 41.4 Å². The third-order valence-corrected chi connectivity index (χ3v) is 11.2. The lowest BCUT2D eigenvalue weighted by Gasteiger charge is -2.45. The highest BCUT2D eigenvalue weighted by Crippen LogP contribution is 2.49. The number of rotatable bonds is 11. The maximum Gasteiger partial charge on any atom is 0.204 e. The van der Waals surface area contributed by atoms with Crippen LogP contribution in [0, 0.1) is 53.1 Å². The molecular weight excluding hydrogens is 506 g/mol. The summed E-state index contributed by atoms with van der Waals surface area (Å²) < 4.78 is 46.0. The van der Waals surface area contributed by atoms with Crippen molar-refractivity contribution in [1.82, 2.24) is 0 Å². The van der Waals surface area contributed by atoms with Gasteiger partial charge in [0.2, 0.25) is 11.6 Å². The maximum atomic E-state index is 14.4. The molecule has 226 valence electrons. The molecule has 0 radical (unpaired) electrons. The molecule has 1 aromatic carbocycles. The van der Waals surface area contributed by atoms with Crippen molar-refractivity contribution in [3.63, 3.8) is 0 Å². The van der Waals surface area contributed by atoms with Crippen LogP contribution in [0.4, 0.5) is 8.78 Å². The number of benzene rings is 1. The highest BCUT2D eigenvalue weighted by atomic mass is 19.2. The van der Waals surface area contributed by atoms with E-state index in [4.69, 9.17) is 14.2 Å². The number of fused-ring (bicyclic) bond motifs is 1. The standard InChI is InChI=1S/C35H54F2O3/c1-3-5-24-9-16-31(17-10-24)39-22-25-6-11-27(12-7-25)29-15-14-28-20-26(8-13-30(28)21-29)23-40-33-19-18-32(38-4-2)34(36)35(33)37/h18-19,24-31H,3-17,20-23H2,1-2H3. The fourth-order valence-corrected chi connectivity index (χ4v) is 8.80. The number of ether oxygens (including phenoxy) is 3. The zero-order valence-electron chi connectivity index (χ0n) is 25.2. The first kappa shape index (κ1) is 30.1. The van der Waals surface area contributed by atoms with Gasteiger partial charge in [0.15, 0.2) is 11.5 Å². The third-order valence-electron chi connectivity index (χ3n) is 11.2. The van der Waals surface area contributed by atoms with Crippen LogP contribution in [0.25, 0.3) is 0 Å². The molecule has 0 bridgehead atoms. The van der Waals surface area contributed by atoms with Gasteiger partial charge in [0, 0.05) is 6.61 Å². The van der Waals surface area contributed by atoms with Crippen molar-refractivity contribution in [3.05, 3.63) is 23.8 Å². The fourth-order valence-electron chi connectivity index (χ4n) is 8.80. The summed E-state index contributed by atoms with van der Waals surface area (Å²) in [6.45, 7) is 5.85. The molecule has 0 saturated heterocycles. The van der Waals surface area contributed by atoms with Crippen molar-refractivity contribution in [2.75, 3.05) is 19.8 Å². The molecule has 3 nitrogen and oxygen atoms in total. The van der Waals surface area contributed by atoms with Crippen LogP contribution >= 0.6 is 0 Å². The molecular formula is C35H54F2O3. The molecule has 4 aliphatic carbocycles. The summed E-state index contributed by atoms with van der Waals surface area (Å²) in [5.74, 6) is 3.69. The van der Waals surface area contributed by atoms with E-state index in [-0.39, 0.29) is 11.5 Å². The van der Waals surface area contributed by atoms with Gasteiger partial charge in [-0.15, -0.1) is 0 Å². The van der Waals surface area contributed by atoms with Gasteiger partial charge in [-0.2, -0.15) is 8.78 Å². The Balaban J connectivity index is 0.991. The summed E-state index contributed by atoms with van der Waals surface area (Å²) in [6.07, 6.45) is 21.8. The van der Waals surface area contributed by atoms with Crippen molar-refractivity contribution in [2.45, 2.75) is 123 Å². The third kappa shape index (κ3) is 7.72. The lowest BCUT2D eigenvalue weighted by molar-refractivity contribution is -0.0152. The fraction of sp³-hybridized carbons (Fsp3) is 0.829. The zero-order chi connectivity index (χ0) is 27.9. The molecule has 40 heavy (non-hydrogen) atoms. The van der Waals surface area contributed by atoms with Crippen molar-refractivity contribution < 1.29 is 23.0 Å². The molecule has 0 amide bonds. The molecule has 4 fully saturated rings. The Morgan fingerprint density at radius 2 is 1.15 bits per heavy atom. The van der Waals surface area contributed by atoms with Gasteiger partial charge in [-0.25, -0.2) is 0 Å². The molecule has 5 rings (SSSR count). The van der Waals surface area contributed by atoms with Crippen LogP contribution in [0.15, 0.2) is 12.1 Å². The topological polar surface area (TPSA) is 27.7 Å². The van der Waals surface area contributed by atoms with Gasteiger partial charge in [-0.1, -0.05) is 19.8 Å². The van der Waals surface area contributed by atoms with E-state index in [0.717, 1.165) is 48.5 Å². The first-order valence-electron chi connectivity index (χ1n) is 16.9. The number of hydrogen-bond donors (Lipinski definition) is 0. The smallest absolute Gasteiger partial charge is 0.204 e. The Morgan fingerprint density at radius 3 is 1.82 bits per heavy atom. The van der Waals surface area contributed by atoms with Crippen molar-refractivity contribution >= 4 is 0 Å². The lowest BCUT2D eigenvalue weighted by Crippen LogP contribution is -2.36. The van der Waals surface area contributed by atoms with E-state index in [0.29, 0.717) is 25.2 Å². The van der Waals surface area contributed by atoms with Gasteiger partial charge in [0.05, 0.1) is 19.3 Å². The number of halogens is 2. The first-order valence-corrected chi connectivity index (χ1v) is 16.9. The highest BCUT2D eigenvalue weighted by molar-refractivity contribution is 5.35. The van der Waals surface area contributed by atoms with Crippen LogP contribution in [0.1, 0.15) is 117 Å². The van der Waals surface area contributed by atoms with Crippen molar-refractivity contribution in [3.8, 4) is 11.5 Å². The van der Waals surface area contributed by atoms with E-state index in [1.165, 1.54) is 108 Å². The minimum absolute atomic E-state index is 0.00661. The second kappa shape index (κ2) is 14.7. The van der Waals surface area contributed by atoms with Gasteiger partial charge in [0.25, 0.3) is 0 Å². The Bertz CT molecular complexity index is 906. The van der Waals surface area contributed by atoms with Crippen LogP contribution in [0.3, 0.4) is 0 Å². The normalized spacial score (nSPS) is 34.7. The van der Waals surface area contributed by atoms with E-state index >= 15 is 0 Å². The Labute approximate surface area is 242 Å². The minimum Gasteiger partial charge on any atom is -0.491 e. The molecule has 4 atom stereocenters. The SMILES string of the molecule is CCCC1CCC(OCC2CCC(C3CCC4CC(COc5ccc(OCC)c(F)c5F)CCC4C3)CC2)CC1. The first-order chi connectivity index (χ1) is 19.5. The quantitative estimate of drug-likeness (QED) is 0.270. The molecule has 5 heteroatoms. The summed E-state index contributed by atoms with van der Waals surface area (Å²) in [5.41, 5.74) is 0. The molecule has 0 aromatic heterocycles. The van der Waals surface area contributed by atoms with E-state index in [2.05, 4.69) is 6.92 Å². The molecule has 0 aliphatic heterocycles. The monoisotopic (exact) mass is 560 g/mol. The van der Waals surface area contributed by atoms with Gasteiger partial charge in [0.1, 0.15) is 0 Å². The Hall–Kier alpha value is -1.36. The predicted octanol–water partition coefficient (Wildman–Crippen LogP) is 9.76. The largest absolute Gasteiger partial charge is 0.491 e. The molecule has 1 aromatic rings. The zero-order valence-corrected chi connectivity index (χ0v) is 25.2. The second-order valence-electron chi connectivity index (χ2n) is 13.8. The molecule has 4 unspecified atom stereocenters. The Morgan fingerprint density at radius 1 is 0.600 bits per heavy atom. The lowest BCUT2D eigenvalue weighted by atomic mass is 9.61. The molecule has 4 saturated carbocycles. The summed E-state index contributed by atoms with van der Waals surface area (Å²) in [7, 11) is 0. The van der Waals surface area contributed by atoms with Crippen molar-refractivity contribution in [1.29, 1.82) is 0 Å². The van der Waals surface area contributed by atoms with E-state index in [1.54, 1.807) is 6.92 Å². The van der Waals surface area contributed by atoms with E-state index < -0.39 is 11.6 Å². The molecule has 4 aliphatic rings. The molecule has 0 N–H and O–H groups in total. The number of hydrogen-bond acceptors (Lipinski definition) is 3. The van der Waals surface area contributed by atoms with Crippen LogP contribution in [0.5, 0.6) is 11.5 Å². The van der Waals surface area contributed by atoms with Gasteiger partial charge in [-0.3, -0.25) is 0 Å². The predicted molar refractivity (Wildman–Crippen MR) is 157 cm³/mol. The van der Waals surface area contributed by atoms with Crippen LogP contribution in [-0.4, -0.2) is 25.9 Å². The van der Waals surface area contributed by atoms with E-state index in [1.807, 2.05) is 0 Å². The van der Waals surface area contributed by atoms with Crippen LogP contribution < -0.4 is 9.47 Å². The van der Waals surface area contributed by atoms with Crippen LogP contribution in [-0.2, 0) is 4.74 Å². The van der Waals surface area contributed by atoms with E-state index in [9.17, 15) is 8.78 Å². The van der Waals surface area contributed by atoms with Gasteiger partial charge < -0.3 is 14.2 Å². The summed E-state index contributed by atoms with van der Waals surface area (Å²) >= 11 is 0. The summed E-state index contributed by atoms with van der Waals surface area (Å²) in [5, 5.41) is 0. The Kier molecular flexibility index (Phi) is 11.1. The second-order valence-corrected chi connectivity index (χ2v) is 13.8. The maximum absolute atomic E-state index is 14.4. The van der Waals surface area contributed by atoms with Gasteiger partial charge >= 0.3 is 0 Å². The average molecular weight is 561 g/mol. The average Bonchev–Trinajstić information content (AvgIpc) is 2.99. The summed E-state index contributed by atoms with van der Waals surface area (Å²) in [4.78, 5) is 0. The minimum atomic E-state index is -0.951. The molecule has 0 spiro atoms. The highest BCUT2D eigenvalue weighted by Gasteiger charge is 2.39. The molecule has 0 heterocycles.